The molecule has 126 valence electrons. The van der Waals surface area contributed by atoms with Crippen LogP contribution < -0.4 is 10.1 Å². The second-order valence-corrected chi connectivity index (χ2v) is 6.20. The van der Waals surface area contributed by atoms with E-state index in [0.29, 0.717) is 11.7 Å². The molecule has 0 aliphatic heterocycles. The zero-order chi connectivity index (χ0) is 16.7. The molecule has 0 bridgehead atoms. The van der Waals surface area contributed by atoms with E-state index in [9.17, 15) is 9.59 Å². The van der Waals surface area contributed by atoms with Crippen molar-refractivity contribution in [2.45, 2.75) is 45.6 Å². The number of nitrogens with one attached hydrogen (secondary N) is 1. The van der Waals surface area contributed by atoms with Crippen molar-refractivity contribution in [2.75, 3.05) is 13.2 Å². The highest BCUT2D eigenvalue weighted by molar-refractivity contribution is 5.81. The van der Waals surface area contributed by atoms with Crippen molar-refractivity contribution >= 4 is 11.9 Å². The largest absolute Gasteiger partial charge is 0.482 e. The minimum Gasteiger partial charge on any atom is -0.482 e. The summed E-state index contributed by atoms with van der Waals surface area (Å²) in [6.07, 6.45) is 4.49. The van der Waals surface area contributed by atoms with Crippen LogP contribution in [0.15, 0.2) is 24.3 Å². The molecule has 5 heteroatoms. The van der Waals surface area contributed by atoms with Gasteiger partial charge in [-0.15, -0.1) is 0 Å². The third-order valence-electron chi connectivity index (χ3n) is 4.17. The van der Waals surface area contributed by atoms with Gasteiger partial charge >= 0.3 is 5.97 Å². The number of hydrogen-bond donors (Lipinski definition) is 1. The fourth-order valence-electron chi connectivity index (χ4n) is 2.81. The number of carbonyl (C=O) groups excluding carboxylic acids is 2. The van der Waals surface area contributed by atoms with Crippen LogP contribution in [0.25, 0.3) is 0 Å². The van der Waals surface area contributed by atoms with Crippen LogP contribution in [-0.2, 0) is 14.3 Å². The molecule has 1 saturated carbocycles. The molecule has 2 rings (SSSR count). The number of esters is 1. The van der Waals surface area contributed by atoms with E-state index in [-0.39, 0.29) is 25.2 Å². The number of aryl methyl sites for hydroxylation is 1. The zero-order valence-corrected chi connectivity index (χ0v) is 13.8. The van der Waals surface area contributed by atoms with Crippen LogP contribution in [-0.4, -0.2) is 31.1 Å². The van der Waals surface area contributed by atoms with Crippen LogP contribution in [0.3, 0.4) is 0 Å². The molecule has 0 spiro atoms. The lowest BCUT2D eigenvalue weighted by molar-refractivity contribution is -0.150. The second-order valence-electron chi connectivity index (χ2n) is 6.20. The van der Waals surface area contributed by atoms with Gasteiger partial charge in [-0.2, -0.15) is 0 Å². The summed E-state index contributed by atoms with van der Waals surface area (Å²) in [4.78, 5) is 23.5. The molecule has 1 amide bonds. The first-order valence-electron chi connectivity index (χ1n) is 8.19. The molecule has 0 aromatic heterocycles. The Morgan fingerprint density at radius 1 is 1.22 bits per heavy atom. The maximum absolute atomic E-state index is 11.9. The van der Waals surface area contributed by atoms with Crippen molar-refractivity contribution in [3.05, 3.63) is 29.8 Å². The second kappa shape index (κ2) is 8.56. The first-order valence-corrected chi connectivity index (χ1v) is 8.19. The van der Waals surface area contributed by atoms with Crippen molar-refractivity contribution in [3.63, 3.8) is 0 Å². The van der Waals surface area contributed by atoms with E-state index in [1.807, 2.05) is 25.1 Å². The lowest BCUT2D eigenvalue weighted by Gasteiger charge is -2.29. The van der Waals surface area contributed by atoms with E-state index in [4.69, 9.17) is 9.47 Å². The number of carbonyl (C=O) groups is 2. The van der Waals surface area contributed by atoms with Crippen LogP contribution >= 0.6 is 0 Å². The molecular formula is C18H25NO4. The van der Waals surface area contributed by atoms with Gasteiger partial charge in [-0.3, -0.25) is 4.79 Å². The van der Waals surface area contributed by atoms with Gasteiger partial charge in [0.1, 0.15) is 5.75 Å². The van der Waals surface area contributed by atoms with Gasteiger partial charge < -0.3 is 14.8 Å². The highest BCUT2D eigenvalue weighted by Gasteiger charge is 2.23. The molecule has 23 heavy (non-hydrogen) atoms. The highest BCUT2D eigenvalue weighted by Crippen LogP contribution is 2.23. The van der Waals surface area contributed by atoms with Crippen molar-refractivity contribution in [1.82, 2.24) is 5.32 Å². The van der Waals surface area contributed by atoms with E-state index in [1.165, 1.54) is 6.42 Å². The average molecular weight is 319 g/mol. The summed E-state index contributed by atoms with van der Waals surface area (Å²) >= 11 is 0. The van der Waals surface area contributed by atoms with E-state index in [2.05, 4.69) is 12.2 Å². The van der Waals surface area contributed by atoms with Gasteiger partial charge in [0.25, 0.3) is 5.91 Å². The quantitative estimate of drug-likeness (QED) is 0.819. The molecule has 0 saturated heterocycles. The molecule has 1 fully saturated rings. The van der Waals surface area contributed by atoms with E-state index in [0.717, 1.165) is 24.8 Å². The standard InChI is InChI=1S/C18H25NO4/c1-13-6-5-8-15(10-13)22-12-18(21)23-11-17(20)19-16-9-4-3-7-14(16)2/h5-6,8,10,14,16H,3-4,7,9,11-12H2,1-2H3,(H,19,20)/t14-,16+/m0/s1. The molecule has 1 aromatic carbocycles. The fraction of sp³-hybridized carbons (Fsp3) is 0.556. The van der Waals surface area contributed by atoms with Crippen molar-refractivity contribution < 1.29 is 19.1 Å². The summed E-state index contributed by atoms with van der Waals surface area (Å²) in [5, 5.41) is 2.95. The molecule has 5 nitrogen and oxygen atoms in total. The zero-order valence-electron chi connectivity index (χ0n) is 13.8. The number of amides is 1. The van der Waals surface area contributed by atoms with Crippen molar-refractivity contribution in [3.8, 4) is 5.75 Å². The molecule has 1 aliphatic rings. The molecular weight excluding hydrogens is 294 g/mol. The first-order chi connectivity index (χ1) is 11.0. The Kier molecular flexibility index (Phi) is 6.44. The van der Waals surface area contributed by atoms with Crippen LogP contribution in [0.1, 0.15) is 38.2 Å². The maximum atomic E-state index is 11.9. The summed E-state index contributed by atoms with van der Waals surface area (Å²) < 4.78 is 10.3. The molecule has 2 atom stereocenters. The van der Waals surface area contributed by atoms with Crippen LogP contribution in [0.4, 0.5) is 0 Å². The minimum absolute atomic E-state index is 0.193. The third kappa shape index (κ3) is 5.93. The van der Waals surface area contributed by atoms with Gasteiger partial charge in [0.2, 0.25) is 0 Å². The van der Waals surface area contributed by atoms with Crippen LogP contribution in [0.5, 0.6) is 5.75 Å². The monoisotopic (exact) mass is 319 g/mol. The Hall–Kier alpha value is -2.04. The Bertz CT molecular complexity index is 544. The Balaban J connectivity index is 1.66. The van der Waals surface area contributed by atoms with E-state index < -0.39 is 5.97 Å². The van der Waals surface area contributed by atoms with Gasteiger partial charge in [-0.1, -0.05) is 31.9 Å². The summed E-state index contributed by atoms with van der Waals surface area (Å²) in [5.41, 5.74) is 1.05. The SMILES string of the molecule is Cc1cccc(OCC(=O)OCC(=O)N[C@@H]2CCCC[C@@H]2C)c1. The summed E-state index contributed by atoms with van der Waals surface area (Å²) in [6, 6.07) is 7.61. The summed E-state index contributed by atoms with van der Waals surface area (Å²) in [7, 11) is 0. The molecule has 0 heterocycles. The predicted octanol–water partition coefficient (Wildman–Crippen LogP) is 2.61. The van der Waals surface area contributed by atoms with Crippen molar-refractivity contribution in [2.24, 2.45) is 5.92 Å². The Morgan fingerprint density at radius 2 is 2.00 bits per heavy atom. The van der Waals surface area contributed by atoms with E-state index >= 15 is 0 Å². The normalized spacial score (nSPS) is 20.6. The van der Waals surface area contributed by atoms with Gasteiger partial charge in [0.15, 0.2) is 13.2 Å². The van der Waals surface area contributed by atoms with Crippen LogP contribution in [0, 0.1) is 12.8 Å². The van der Waals surface area contributed by atoms with Crippen molar-refractivity contribution in [1.29, 1.82) is 0 Å². The van der Waals surface area contributed by atoms with Gasteiger partial charge in [-0.05, 0) is 43.4 Å². The molecule has 1 N–H and O–H groups in total. The van der Waals surface area contributed by atoms with E-state index in [1.54, 1.807) is 6.07 Å². The number of benzene rings is 1. The molecule has 0 radical (unpaired) electrons. The molecule has 0 unspecified atom stereocenters. The van der Waals surface area contributed by atoms with Gasteiger partial charge in [0, 0.05) is 6.04 Å². The maximum Gasteiger partial charge on any atom is 0.344 e. The summed E-state index contributed by atoms with van der Waals surface area (Å²) in [5.74, 6) is 0.307. The third-order valence-corrected chi connectivity index (χ3v) is 4.17. The lowest BCUT2D eigenvalue weighted by Crippen LogP contribution is -2.43. The Morgan fingerprint density at radius 3 is 2.74 bits per heavy atom. The smallest absolute Gasteiger partial charge is 0.344 e. The summed E-state index contributed by atoms with van der Waals surface area (Å²) in [6.45, 7) is 3.64. The number of ether oxygens (including phenoxy) is 2. The first kappa shape index (κ1) is 17.3. The predicted molar refractivity (Wildman–Crippen MR) is 87.2 cm³/mol. The lowest BCUT2D eigenvalue weighted by atomic mass is 9.86. The fourth-order valence-corrected chi connectivity index (χ4v) is 2.81. The highest BCUT2D eigenvalue weighted by atomic mass is 16.6. The topological polar surface area (TPSA) is 64.6 Å². The van der Waals surface area contributed by atoms with Gasteiger partial charge in [-0.25, -0.2) is 4.79 Å². The minimum atomic E-state index is -0.543. The number of hydrogen-bond acceptors (Lipinski definition) is 4. The Labute approximate surface area is 137 Å². The molecule has 1 aromatic rings. The average Bonchev–Trinajstić information content (AvgIpc) is 2.53. The molecule has 1 aliphatic carbocycles. The van der Waals surface area contributed by atoms with Crippen LogP contribution in [0.2, 0.25) is 0 Å². The van der Waals surface area contributed by atoms with Gasteiger partial charge in [0.05, 0.1) is 0 Å². The number of rotatable bonds is 6.